The highest BCUT2D eigenvalue weighted by atomic mass is 14.7. The van der Waals surface area contributed by atoms with Crippen LogP contribution in [0.2, 0.25) is 0 Å². The monoisotopic (exact) mass is 190 g/mol. The molecule has 2 heteroatoms. The molecule has 0 aliphatic heterocycles. The Labute approximate surface area is 85.5 Å². The van der Waals surface area contributed by atoms with Gasteiger partial charge in [-0.05, 0) is 42.2 Å². The lowest BCUT2D eigenvalue weighted by molar-refractivity contribution is 0.730. The Morgan fingerprint density at radius 3 is 2.79 bits per heavy atom. The summed E-state index contributed by atoms with van der Waals surface area (Å²) in [6.07, 6.45) is 7.57. The predicted octanol–water partition coefficient (Wildman–Crippen LogP) is 3.05. The van der Waals surface area contributed by atoms with Crippen LogP contribution in [0.4, 0.5) is 5.69 Å². The van der Waals surface area contributed by atoms with Crippen molar-refractivity contribution in [1.29, 1.82) is 0 Å². The Morgan fingerprint density at radius 1 is 1.50 bits per heavy atom. The molecule has 2 rings (SSSR count). The third kappa shape index (κ3) is 1.61. The Hall–Kier alpha value is -1.05. The molecule has 0 saturated heterocycles. The minimum absolute atomic E-state index is 0.529. The highest BCUT2D eigenvalue weighted by molar-refractivity contribution is 5.55. The average Bonchev–Trinajstić information content (AvgIpc) is 3.01. The van der Waals surface area contributed by atoms with E-state index in [0.29, 0.717) is 11.8 Å². The second kappa shape index (κ2) is 3.60. The van der Waals surface area contributed by atoms with Gasteiger partial charge in [-0.3, -0.25) is 4.98 Å². The quantitative estimate of drug-likeness (QED) is 0.795. The first-order valence-corrected chi connectivity index (χ1v) is 5.47. The van der Waals surface area contributed by atoms with Crippen LogP contribution >= 0.6 is 0 Å². The van der Waals surface area contributed by atoms with Gasteiger partial charge in [0.25, 0.3) is 0 Å². The number of pyridine rings is 1. The summed E-state index contributed by atoms with van der Waals surface area (Å²) in [5.41, 5.74) is 9.67. The molecule has 76 valence electrons. The van der Waals surface area contributed by atoms with Gasteiger partial charge in [0.2, 0.25) is 0 Å². The summed E-state index contributed by atoms with van der Waals surface area (Å²) in [5, 5.41) is 0. The number of nitrogen functional groups attached to an aromatic ring is 1. The third-order valence-corrected chi connectivity index (χ3v) is 3.21. The molecule has 1 aliphatic carbocycles. The molecular weight excluding hydrogens is 172 g/mol. The van der Waals surface area contributed by atoms with Crippen molar-refractivity contribution in [3.63, 3.8) is 0 Å². The summed E-state index contributed by atoms with van der Waals surface area (Å²) in [4.78, 5) is 4.30. The first kappa shape index (κ1) is 9.50. The van der Waals surface area contributed by atoms with Crippen LogP contribution in [-0.2, 0) is 0 Å². The Balaban J connectivity index is 2.35. The number of hydrogen-bond donors (Lipinski definition) is 1. The van der Waals surface area contributed by atoms with E-state index >= 15 is 0 Å². The molecule has 1 unspecified atom stereocenters. The van der Waals surface area contributed by atoms with E-state index in [4.69, 9.17) is 5.73 Å². The minimum atomic E-state index is 0.529. The van der Waals surface area contributed by atoms with E-state index in [2.05, 4.69) is 18.8 Å². The highest BCUT2D eigenvalue weighted by Gasteiger charge is 2.27. The number of anilines is 1. The molecule has 0 radical (unpaired) electrons. The maximum atomic E-state index is 6.16. The number of rotatable bonds is 3. The molecular formula is C12H18N2. The van der Waals surface area contributed by atoms with Crippen LogP contribution in [0, 0.1) is 0 Å². The Morgan fingerprint density at radius 2 is 2.21 bits per heavy atom. The van der Waals surface area contributed by atoms with Crippen LogP contribution in [-0.4, -0.2) is 4.98 Å². The van der Waals surface area contributed by atoms with Gasteiger partial charge in [-0.1, -0.05) is 13.8 Å². The van der Waals surface area contributed by atoms with Gasteiger partial charge in [0.1, 0.15) is 0 Å². The van der Waals surface area contributed by atoms with Gasteiger partial charge in [0.05, 0.1) is 0 Å². The summed E-state index contributed by atoms with van der Waals surface area (Å²) in [6.45, 7) is 4.40. The molecule has 14 heavy (non-hydrogen) atoms. The molecule has 1 heterocycles. The van der Waals surface area contributed by atoms with Gasteiger partial charge in [0, 0.05) is 18.1 Å². The van der Waals surface area contributed by atoms with Crippen LogP contribution in [0.15, 0.2) is 12.4 Å². The van der Waals surface area contributed by atoms with Crippen molar-refractivity contribution >= 4 is 5.69 Å². The summed E-state index contributed by atoms with van der Waals surface area (Å²) < 4.78 is 0. The molecule has 1 fully saturated rings. The number of hydrogen-bond acceptors (Lipinski definition) is 2. The van der Waals surface area contributed by atoms with Crippen molar-refractivity contribution in [1.82, 2.24) is 4.98 Å². The van der Waals surface area contributed by atoms with E-state index in [9.17, 15) is 0 Å². The summed E-state index contributed by atoms with van der Waals surface area (Å²) in [7, 11) is 0. The molecule has 2 N–H and O–H groups in total. The van der Waals surface area contributed by atoms with Crippen molar-refractivity contribution in [2.45, 2.75) is 44.9 Å². The van der Waals surface area contributed by atoms with E-state index in [1.165, 1.54) is 24.0 Å². The fraction of sp³-hybridized carbons (Fsp3) is 0.583. The molecule has 2 nitrogen and oxygen atoms in total. The number of nitrogens with two attached hydrogens (primary N) is 1. The molecule has 0 amide bonds. The second-order valence-electron chi connectivity index (χ2n) is 4.32. The largest absolute Gasteiger partial charge is 0.398 e. The van der Waals surface area contributed by atoms with Crippen LogP contribution in [0.1, 0.15) is 56.1 Å². The molecule has 0 spiro atoms. The smallest absolute Gasteiger partial charge is 0.0415 e. The third-order valence-electron chi connectivity index (χ3n) is 3.21. The first-order chi connectivity index (χ1) is 6.74. The molecule has 0 bridgehead atoms. The molecule has 1 atom stereocenters. The Kier molecular flexibility index (Phi) is 2.44. The normalized spacial score (nSPS) is 18.1. The van der Waals surface area contributed by atoms with Crippen molar-refractivity contribution in [2.24, 2.45) is 0 Å². The summed E-state index contributed by atoms with van der Waals surface area (Å²) >= 11 is 0. The van der Waals surface area contributed by atoms with Gasteiger partial charge in [-0.2, -0.15) is 0 Å². The van der Waals surface area contributed by atoms with Crippen LogP contribution in [0.5, 0.6) is 0 Å². The topological polar surface area (TPSA) is 38.9 Å². The van der Waals surface area contributed by atoms with E-state index in [1.807, 2.05) is 12.4 Å². The van der Waals surface area contributed by atoms with Gasteiger partial charge in [0.15, 0.2) is 0 Å². The first-order valence-electron chi connectivity index (χ1n) is 5.47. The van der Waals surface area contributed by atoms with Crippen molar-refractivity contribution < 1.29 is 0 Å². The van der Waals surface area contributed by atoms with Gasteiger partial charge in [-0.15, -0.1) is 0 Å². The zero-order valence-corrected chi connectivity index (χ0v) is 8.96. The van der Waals surface area contributed by atoms with Crippen molar-refractivity contribution in [3.05, 3.63) is 23.5 Å². The zero-order valence-electron chi connectivity index (χ0n) is 8.96. The van der Waals surface area contributed by atoms with E-state index in [0.717, 1.165) is 12.1 Å². The fourth-order valence-corrected chi connectivity index (χ4v) is 1.84. The van der Waals surface area contributed by atoms with Crippen LogP contribution in [0.25, 0.3) is 0 Å². The maximum Gasteiger partial charge on any atom is 0.0415 e. The zero-order chi connectivity index (χ0) is 10.1. The SMILES string of the molecule is CCC(C)c1cncc(C2CC2)c1N. The molecule has 1 aromatic rings. The van der Waals surface area contributed by atoms with Crippen molar-refractivity contribution in [3.8, 4) is 0 Å². The number of nitrogens with zero attached hydrogens (tertiary/aromatic N) is 1. The Bertz CT molecular complexity index is 329. The molecule has 1 aromatic heterocycles. The second-order valence-corrected chi connectivity index (χ2v) is 4.32. The fourth-order valence-electron chi connectivity index (χ4n) is 1.84. The highest BCUT2D eigenvalue weighted by Crippen LogP contribution is 2.44. The number of aromatic nitrogens is 1. The summed E-state index contributed by atoms with van der Waals surface area (Å²) in [5.74, 6) is 1.23. The standard InChI is InChI=1S/C12H18N2/c1-3-8(2)10-6-14-7-11(12(10)13)9-4-5-9/h6-9H,3-5H2,1-2H3,(H2,13,14). The van der Waals surface area contributed by atoms with Crippen LogP contribution < -0.4 is 5.73 Å². The van der Waals surface area contributed by atoms with Crippen molar-refractivity contribution in [2.75, 3.05) is 5.73 Å². The predicted molar refractivity (Wildman–Crippen MR) is 59.3 cm³/mol. The van der Waals surface area contributed by atoms with E-state index in [1.54, 1.807) is 0 Å². The van der Waals surface area contributed by atoms with E-state index < -0.39 is 0 Å². The van der Waals surface area contributed by atoms with Gasteiger partial charge in [-0.25, -0.2) is 0 Å². The lowest BCUT2D eigenvalue weighted by Gasteiger charge is -2.14. The maximum absolute atomic E-state index is 6.16. The lowest BCUT2D eigenvalue weighted by atomic mass is 9.96. The molecule has 1 aliphatic rings. The molecule has 0 aromatic carbocycles. The van der Waals surface area contributed by atoms with Gasteiger partial charge >= 0.3 is 0 Å². The summed E-state index contributed by atoms with van der Waals surface area (Å²) in [6, 6.07) is 0. The lowest BCUT2D eigenvalue weighted by Crippen LogP contribution is -2.03. The minimum Gasteiger partial charge on any atom is -0.398 e. The molecule has 1 saturated carbocycles. The average molecular weight is 190 g/mol. The van der Waals surface area contributed by atoms with Crippen LogP contribution in [0.3, 0.4) is 0 Å². The van der Waals surface area contributed by atoms with E-state index in [-0.39, 0.29) is 0 Å². The van der Waals surface area contributed by atoms with Gasteiger partial charge < -0.3 is 5.73 Å².